The maximum absolute atomic E-state index is 12.2. The van der Waals surface area contributed by atoms with Gasteiger partial charge < -0.3 is 14.4 Å². The highest BCUT2D eigenvalue weighted by Gasteiger charge is 2.30. The summed E-state index contributed by atoms with van der Waals surface area (Å²) in [7, 11) is 1.34. The van der Waals surface area contributed by atoms with Gasteiger partial charge in [0, 0.05) is 13.0 Å². The Morgan fingerprint density at radius 3 is 2.79 bits per heavy atom. The van der Waals surface area contributed by atoms with Crippen LogP contribution in [0.2, 0.25) is 0 Å². The summed E-state index contributed by atoms with van der Waals surface area (Å²) in [5.74, 6) is 2.58. The molecule has 2 aliphatic heterocycles. The van der Waals surface area contributed by atoms with Crippen LogP contribution in [0.25, 0.3) is 0 Å². The molecule has 2 aliphatic rings. The molecule has 0 aromatic heterocycles. The van der Waals surface area contributed by atoms with Gasteiger partial charge in [0.05, 0.1) is 20.3 Å². The molecule has 5 nitrogen and oxygen atoms in total. The van der Waals surface area contributed by atoms with E-state index in [1.165, 1.54) is 7.11 Å². The number of carbonyl (C=O) groups is 2. The SMILES string of the molecule is COC(=O)C1CN(C(=O)CC2CCSCC2)CCO1. The van der Waals surface area contributed by atoms with Crippen molar-refractivity contribution >= 4 is 23.6 Å². The highest BCUT2D eigenvalue weighted by molar-refractivity contribution is 7.99. The van der Waals surface area contributed by atoms with Gasteiger partial charge >= 0.3 is 5.97 Å². The number of nitrogens with zero attached hydrogens (tertiary/aromatic N) is 1. The first-order chi connectivity index (χ1) is 9.20. The number of hydrogen-bond donors (Lipinski definition) is 0. The second-order valence-electron chi connectivity index (χ2n) is 4.98. The zero-order valence-corrected chi connectivity index (χ0v) is 12.1. The molecule has 0 radical (unpaired) electrons. The van der Waals surface area contributed by atoms with E-state index in [2.05, 4.69) is 4.74 Å². The van der Waals surface area contributed by atoms with E-state index in [1.807, 2.05) is 11.8 Å². The van der Waals surface area contributed by atoms with Crippen molar-refractivity contribution in [2.75, 3.05) is 38.3 Å². The van der Waals surface area contributed by atoms with Crippen LogP contribution in [0.3, 0.4) is 0 Å². The largest absolute Gasteiger partial charge is 0.467 e. The first kappa shape index (κ1) is 14.7. The molecule has 0 bridgehead atoms. The highest BCUT2D eigenvalue weighted by atomic mass is 32.2. The fourth-order valence-corrected chi connectivity index (χ4v) is 3.68. The number of carbonyl (C=O) groups excluding carboxylic acids is 2. The molecule has 0 aromatic carbocycles. The summed E-state index contributed by atoms with van der Waals surface area (Å²) in [5, 5.41) is 0. The number of ether oxygens (including phenoxy) is 2. The summed E-state index contributed by atoms with van der Waals surface area (Å²) >= 11 is 1.96. The molecule has 6 heteroatoms. The lowest BCUT2D eigenvalue weighted by Crippen LogP contribution is -2.49. The molecule has 2 rings (SSSR count). The third kappa shape index (κ3) is 4.11. The molecule has 0 aliphatic carbocycles. The van der Waals surface area contributed by atoms with Gasteiger partial charge in [0.15, 0.2) is 6.10 Å². The number of methoxy groups -OCH3 is 1. The van der Waals surface area contributed by atoms with Crippen molar-refractivity contribution in [2.24, 2.45) is 5.92 Å². The molecule has 0 N–H and O–H groups in total. The van der Waals surface area contributed by atoms with Gasteiger partial charge in [-0.3, -0.25) is 4.79 Å². The monoisotopic (exact) mass is 287 g/mol. The van der Waals surface area contributed by atoms with Crippen LogP contribution in [-0.4, -0.2) is 61.2 Å². The van der Waals surface area contributed by atoms with E-state index in [0.717, 1.165) is 24.3 Å². The quantitative estimate of drug-likeness (QED) is 0.723. The Kier molecular flexibility index (Phi) is 5.51. The number of amides is 1. The first-order valence-electron chi connectivity index (χ1n) is 6.75. The van der Waals surface area contributed by atoms with E-state index >= 15 is 0 Å². The van der Waals surface area contributed by atoms with Gasteiger partial charge in [-0.25, -0.2) is 4.79 Å². The molecule has 1 unspecified atom stereocenters. The van der Waals surface area contributed by atoms with Crippen molar-refractivity contribution in [1.82, 2.24) is 4.90 Å². The Morgan fingerprint density at radius 1 is 1.37 bits per heavy atom. The van der Waals surface area contributed by atoms with Crippen LogP contribution in [0.5, 0.6) is 0 Å². The smallest absolute Gasteiger partial charge is 0.336 e. The van der Waals surface area contributed by atoms with Crippen LogP contribution in [0.1, 0.15) is 19.3 Å². The zero-order valence-electron chi connectivity index (χ0n) is 11.3. The molecule has 1 amide bonds. The normalized spacial score (nSPS) is 25.1. The number of esters is 1. The molecule has 1 atom stereocenters. The Morgan fingerprint density at radius 2 is 2.11 bits per heavy atom. The van der Waals surface area contributed by atoms with E-state index in [9.17, 15) is 9.59 Å². The lowest BCUT2D eigenvalue weighted by Gasteiger charge is -2.33. The van der Waals surface area contributed by atoms with Gasteiger partial charge in [0.1, 0.15) is 0 Å². The summed E-state index contributed by atoms with van der Waals surface area (Å²) in [4.78, 5) is 25.4. The van der Waals surface area contributed by atoms with Crippen LogP contribution in [-0.2, 0) is 19.1 Å². The number of morpholine rings is 1. The van der Waals surface area contributed by atoms with E-state index in [1.54, 1.807) is 4.90 Å². The van der Waals surface area contributed by atoms with Crippen molar-refractivity contribution in [2.45, 2.75) is 25.4 Å². The standard InChI is InChI=1S/C13H21NO4S/c1-17-13(16)11-9-14(4-5-18-11)12(15)8-10-2-6-19-7-3-10/h10-11H,2-9H2,1H3. The topological polar surface area (TPSA) is 55.8 Å². The summed E-state index contributed by atoms with van der Waals surface area (Å²) < 4.78 is 9.99. The number of hydrogen-bond acceptors (Lipinski definition) is 5. The van der Waals surface area contributed by atoms with Gasteiger partial charge in [-0.2, -0.15) is 11.8 Å². The highest BCUT2D eigenvalue weighted by Crippen LogP contribution is 2.26. The van der Waals surface area contributed by atoms with E-state index in [0.29, 0.717) is 32.0 Å². The summed E-state index contributed by atoms with van der Waals surface area (Å²) in [6, 6.07) is 0. The van der Waals surface area contributed by atoms with Crippen LogP contribution in [0.15, 0.2) is 0 Å². The Bertz CT molecular complexity index is 331. The van der Waals surface area contributed by atoms with Gasteiger partial charge in [0.2, 0.25) is 5.91 Å². The second-order valence-corrected chi connectivity index (χ2v) is 6.21. The fourth-order valence-electron chi connectivity index (χ4n) is 2.48. The minimum Gasteiger partial charge on any atom is -0.467 e. The van der Waals surface area contributed by atoms with Crippen molar-refractivity contribution in [3.63, 3.8) is 0 Å². The van der Waals surface area contributed by atoms with Crippen LogP contribution in [0.4, 0.5) is 0 Å². The predicted octanol–water partition coefficient (Wildman–Crippen LogP) is 0.920. The maximum Gasteiger partial charge on any atom is 0.336 e. The average Bonchev–Trinajstić information content (AvgIpc) is 2.47. The molecule has 2 saturated heterocycles. The Balaban J connectivity index is 1.82. The third-order valence-corrected chi connectivity index (χ3v) is 4.74. The Hall–Kier alpha value is -0.750. The van der Waals surface area contributed by atoms with Crippen LogP contribution in [0, 0.1) is 5.92 Å². The van der Waals surface area contributed by atoms with Crippen LogP contribution >= 0.6 is 11.8 Å². The minimum absolute atomic E-state index is 0.147. The van der Waals surface area contributed by atoms with Crippen molar-refractivity contribution in [3.8, 4) is 0 Å². The van der Waals surface area contributed by atoms with Crippen molar-refractivity contribution in [1.29, 1.82) is 0 Å². The number of rotatable bonds is 3. The molecular formula is C13H21NO4S. The predicted molar refractivity (Wildman–Crippen MR) is 73.0 cm³/mol. The van der Waals surface area contributed by atoms with E-state index < -0.39 is 12.1 Å². The fraction of sp³-hybridized carbons (Fsp3) is 0.846. The van der Waals surface area contributed by atoms with Gasteiger partial charge in [-0.1, -0.05) is 0 Å². The molecule has 0 spiro atoms. The van der Waals surface area contributed by atoms with Crippen molar-refractivity contribution in [3.05, 3.63) is 0 Å². The molecule has 2 heterocycles. The maximum atomic E-state index is 12.2. The van der Waals surface area contributed by atoms with Gasteiger partial charge in [-0.05, 0) is 30.3 Å². The molecule has 0 aromatic rings. The second kappa shape index (κ2) is 7.14. The van der Waals surface area contributed by atoms with Gasteiger partial charge in [-0.15, -0.1) is 0 Å². The molecule has 19 heavy (non-hydrogen) atoms. The van der Waals surface area contributed by atoms with Gasteiger partial charge in [0.25, 0.3) is 0 Å². The molecule has 0 saturated carbocycles. The lowest BCUT2D eigenvalue weighted by molar-refractivity contribution is -0.162. The first-order valence-corrected chi connectivity index (χ1v) is 7.91. The summed E-state index contributed by atoms with van der Waals surface area (Å²) in [6.07, 6.45) is 2.24. The summed E-state index contributed by atoms with van der Waals surface area (Å²) in [6.45, 7) is 1.31. The van der Waals surface area contributed by atoms with E-state index in [4.69, 9.17) is 4.74 Å². The van der Waals surface area contributed by atoms with Crippen LogP contribution < -0.4 is 0 Å². The average molecular weight is 287 g/mol. The summed E-state index contributed by atoms with van der Waals surface area (Å²) in [5.41, 5.74) is 0. The third-order valence-electron chi connectivity index (χ3n) is 3.69. The zero-order chi connectivity index (χ0) is 13.7. The molecule has 2 fully saturated rings. The molecule has 108 valence electrons. The molecular weight excluding hydrogens is 266 g/mol. The Labute approximate surface area is 118 Å². The minimum atomic E-state index is -0.621. The van der Waals surface area contributed by atoms with E-state index in [-0.39, 0.29) is 5.91 Å². The van der Waals surface area contributed by atoms with Crippen molar-refractivity contribution < 1.29 is 19.1 Å². The number of thioether (sulfide) groups is 1. The lowest BCUT2D eigenvalue weighted by atomic mass is 9.98.